The van der Waals surface area contributed by atoms with Gasteiger partial charge >= 0.3 is 0 Å². The summed E-state index contributed by atoms with van der Waals surface area (Å²) >= 11 is 0. The Kier molecular flexibility index (Phi) is 6.89. The van der Waals surface area contributed by atoms with Gasteiger partial charge in [0, 0.05) is 32.1 Å². The average Bonchev–Trinajstić information content (AvgIpc) is 2.73. The van der Waals surface area contributed by atoms with Gasteiger partial charge in [-0.05, 0) is 55.2 Å². The SMILES string of the molecule is COc1ccc(C(C)C)cc1S(=O)(=O)N1CCC(C(=O)N2CCC(C)CC2)CC1. The van der Waals surface area contributed by atoms with Gasteiger partial charge < -0.3 is 9.64 Å². The molecule has 2 aliphatic heterocycles. The summed E-state index contributed by atoms with van der Waals surface area (Å²) in [4.78, 5) is 15.0. The van der Waals surface area contributed by atoms with Crippen LogP contribution in [0.1, 0.15) is 57.9 Å². The van der Waals surface area contributed by atoms with E-state index in [-0.39, 0.29) is 22.6 Å². The molecule has 0 spiro atoms. The number of sulfonamides is 1. The Bertz CT molecular complexity index is 821. The minimum atomic E-state index is -3.66. The van der Waals surface area contributed by atoms with Crippen LogP contribution in [0.3, 0.4) is 0 Å². The van der Waals surface area contributed by atoms with Crippen LogP contribution in [0.15, 0.2) is 23.1 Å². The molecule has 3 rings (SSSR count). The monoisotopic (exact) mass is 422 g/mol. The molecule has 1 amide bonds. The van der Waals surface area contributed by atoms with Gasteiger partial charge in [0.05, 0.1) is 7.11 Å². The minimum absolute atomic E-state index is 0.0706. The zero-order valence-corrected chi connectivity index (χ0v) is 18.9. The van der Waals surface area contributed by atoms with Gasteiger partial charge in [-0.25, -0.2) is 8.42 Å². The van der Waals surface area contributed by atoms with Crippen molar-refractivity contribution in [3.8, 4) is 5.75 Å². The van der Waals surface area contributed by atoms with Crippen molar-refractivity contribution < 1.29 is 17.9 Å². The smallest absolute Gasteiger partial charge is 0.246 e. The van der Waals surface area contributed by atoms with E-state index in [1.54, 1.807) is 12.1 Å². The van der Waals surface area contributed by atoms with Crippen molar-refractivity contribution >= 4 is 15.9 Å². The summed E-state index contributed by atoms with van der Waals surface area (Å²) in [6.07, 6.45) is 3.28. The fraction of sp³-hybridized carbons (Fsp3) is 0.682. The van der Waals surface area contributed by atoms with E-state index in [4.69, 9.17) is 4.74 Å². The molecule has 1 aromatic carbocycles. The van der Waals surface area contributed by atoms with Gasteiger partial charge in [0.1, 0.15) is 10.6 Å². The summed E-state index contributed by atoms with van der Waals surface area (Å²) in [5.74, 6) is 1.41. The number of nitrogens with zero attached hydrogens (tertiary/aromatic N) is 2. The lowest BCUT2D eigenvalue weighted by molar-refractivity contribution is -0.138. The number of benzene rings is 1. The molecule has 0 N–H and O–H groups in total. The van der Waals surface area contributed by atoms with Gasteiger partial charge in [0.15, 0.2) is 0 Å². The molecule has 2 saturated heterocycles. The molecule has 0 aromatic heterocycles. The van der Waals surface area contributed by atoms with Gasteiger partial charge in [0.2, 0.25) is 15.9 Å². The van der Waals surface area contributed by atoms with Crippen LogP contribution in [0.2, 0.25) is 0 Å². The fourth-order valence-electron chi connectivity index (χ4n) is 4.22. The molecule has 1 aromatic rings. The number of amides is 1. The van der Waals surface area contributed by atoms with Crippen molar-refractivity contribution in [3.05, 3.63) is 23.8 Å². The second-order valence-corrected chi connectivity index (χ2v) is 10.7. The lowest BCUT2D eigenvalue weighted by Crippen LogP contribution is -2.46. The molecule has 2 heterocycles. The number of carbonyl (C=O) groups excluding carboxylic acids is 1. The fourth-order valence-corrected chi connectivity index (χ4v) is 5.88. The minimum Gasteiger partial charge on any atom is -0.495 e. The number of hydrogen-bond donors (Lipinski definition) is 0. The quantitative estimate of drug-likeness (QED) is 0.729. The molecule has 0 radical (unpaired) electrons. The summed E-state index contributed by atoms with van der Waals surface area (Å²) in [6.45, 7) is 8.71. The molecule has 0 saturated carbocycles. The van der Waals surface area contributed by atoms with Crippen LogP contribution in [0.5, 0.6) is 5.75 Å². The van der Waals surface area contributed by atoms with Crippen LogP contribution in [0, 0.1) is 11.8 Å². The van der Waals surface area contributed by atoms with Crippen molar-refractivity contribution in [1.29, 1.82) is 0 Å². The topological polar surface area (TPSA) is 66.9 Å². The molecule has 162 valence electrons. The molecular formula is C22H34N2O4S. The molecule has 0 atom stereocenters. The highest BCUT2D eigenvalue weighted by molar-refractivity contribution is 7.89. The normalized spacial score (nSPS) is 20.2. The molecule has 2 fully saturated rings. The van der Waals surface area contributed by atoms with Crippen molar-refractivity contribution in [2.24, 2.45) is 11.8 Å². The number of ether oxygens (including phenoxy) is 1. The third-order valence-corrected chi connectivity index (χ3v) is 8.29. The van der Waals surface area contributed by atoms with Gasteiger partial charge in [-0.15, -0.1) is 0 Å². The average molecular weight is 423 g/mol. The highest BCUT2D eigenvalue weighted by atomic mass is 32.2. The molecule has 0 aliphatic carbocycles. The van der Waals surface area contributed by atoms with E-state index in [0.717, 1.165) is 31.5 Å². The Morgan fingerprint density at radius 3 is 2.24 bits per heavy atom. The Labute approximate surface area is 175 Å². The van der Waals surface area contributed by atoms with Crippen molar-refractivity contribution in [2.45, 2.75) is 57.3 Å². The number of methoxy groups -OCH3 is 1. The highest BCUT2D eigenvalue weighted by Crippen LogP contribution is 2.33. The Morgan fingerprint density at radius 1 is 1.07 bits per heavy atom. The standard InChI is InChI=1S/C22H34N2O4S/c1-16(2)19-5-6-20(28-4)21(15-19)29(26,27)24-13-9-18(10-14-24)22(25)23-11-7-17(3)8-12-23/h5-6,15-18H,7-14H2,1-4H3. The largest absolute Gasteiger partial charge is 0.495 e. The molecule has 2 aliphatic rings. The van der Waals surface area contributed by atoms with Crippen LogP contribution in [-0.2, 0) is 14.8 Å². The van der Waals surface area contributed by atoms with E-state index in [1.165, 1.54) is 11.4 Å². The first-order valence-electron chi connectivity index (χ1n) is 10.7. The summed E-state index contributed by atoms with van der Waals surface area (Å²) in [5.41, 5.74) is 0.966. The molecule has 29 heavy (non-hydrogen) atoms. The predicted molar refractivity (Wildman–Crippen MR) is 114 cm³/mol. The van der Waals surface area contributed by atoms with Gasteiger partial charge in [-0.1, -0.05) is 26.8 Å². The molecule has 7 heteroatoms. The molecule has 0 unspecified atom stereocenters. The number of hydrogen-bond acceptors (Lipinski definition) is 4. The first kappa shape index (κ1) is 22.1. The lowest BCUT2D eigenvalue weighted by Gasteiger charge is -2.36. The maximum absolute atomic E-state index is 13.3. The Morgan fingerprint density at radius 2 is 1.69 bits per heavy atom. The predicted octanol–water partition coefficient (Wildman–Crippen LogP) is 3.48. The summed E-state index contributed by atoms with van der Waals surface area (Å²) in [6, 6.07) is 5.37. The van der Waals surface area contributed by atoms with Crippen LogP contribution >= 0.6 is 0 Å². The highest BCUT2D eigenvalue weighted by Gasteiger charge is 2.35. The second kappa shape index (κ2) is 9.04. The van der Waals surface area contributed by atoms with Crippen LogP contribution in [0.4, 0.5) is 0 Å². The number of carbonyl (C=O) groups is 1. The summed E-state index contributed by atoms with van der Waals surface area (Å²) in [5, 5.41) is 0. The van der Waals surface area contributed by atoms with Gasteiger partial charge in [-0.3, -0.25) is 4.79 Å². The summed E-state index contributed by atoms with van der Waals surface area (Å²) < 4.78 is 33.5. The number of piperidine rings is 2. The molecular weight excluding hydrogens is 388 g/mol. The number of rotatable bonds is 5. The first-order chi connectivity index (χ1) is 13.7. The first-order valence-corrected chi connectivity index (χ1v) is 12.1. The zero-order valence-electron chi connectivity index (χ0n) is 18.1. The van der Waals surface area contributed by atoms with Crippen LogP contribution in [-0.4, -0.2) is 56.8 Å². The van der Waals surface area contributed by atoms with E-state index in [1.807, 2.05) is 24.8 Å². The van der Waals surface area contributed by atoms with E-state index >= 15 is 0 Å². The third-order valence-electron chi connectivity index (χ3n) is 6.37. The van der Waals surface area contributed by atoms with E-state index in [0.29, 0.717) is 37.6 Å². The van der Waals surface area contributed by atoms with Crippen molar-refractivity contribution in [1.82, 2.24) is 9.21 Å². The maximum atomic E-state index is 13.3. The van der Waals surface area contributed by atoms with Crippen molar-refractivity contribution in [2.75, 3.05) is 33.3 Å². The van der Waals surface area contributed by atoms with E-state index in [2.05, 4.69) is 6.92 Å². The van der Waals surface area contributed by atoms with E-state index < -0.39 is 10.0 Å². The zero-order chi connectivity index (χ0) is 21.2. The second-order valence-electron chi connectivity index (χ2n) is 8.75. The third kappa shape index (κ3) is 4.77. The molecule has 6 nitrogen and oxygen atoms in total. The Balaban J connectivity index is 1.70. The van der Waals surface area contributed by atoms with Gasteiger partial charge in [-0.2, -0.15) is 4.31 Å². The Hall–Kier alpha value is -1.60. The van der Waals surface area contributed by atoms with Crippen molar-refractivity contribution in [3.63, 3.8) is 0 Å². The maximum Gasteiger partial charge on any atom is 0.246 e. The van der Waals surface area contributed by atoms with Crippen LogP contribution < -0.4 is 4.74 Å². The number of likely N-dealkylation sites (tertiary alicyclic amines) is 1. The van der Waals surface area contributed by atoms with Gasteiger partial charge in [0.25, 0.3) is 0 Å². The van der Waals surface area contributed by atoms with Crippen LogP contribution in [0.25, 0.3) is 0 Å². The molecule has 0 bridgehead atoms. The van der Waals surface area contributed by atoms with E-state index in [9.17, 15) is 13.2 Å². The summed E-state index contributed by atoms with van der Waals surface area (Å²) in [7, 11) is -2.16. The lowest BCUT2D eigenvalue weighted by atomic mass is 9.93.